The smallest absolute Gasteiger partial charge is 0.211 e. The van der Waals surface area contributed by atoms with Gasteiger partial charge in [-0.1, -0.05) is 17.7 Å². The second-order valence-electron chi connectivity index (χ2n) is 7.61. The maximum absolute atomic E-state index is 13.8. The summed E-state index contributed by atoms with van der Waals surface area (Å²) in [5.74, 6) is -57.1. The van der Waals surface area contributed by atoms with Gasteiger partial charge in [-0.15, -0.1) is 0 Å². The third-order valence-electron chi connectivity index (χ3n) is 4.85. The summed E-state index contributed by atoms with van der Waals surface area (Å²) in [5.41, 5.74) is 0.452. The van der Waals surface area contributed by atoms with E-state index in [2.05, 4.69) is 0 Å². The van der Waals surface area contributed by atoms with Crippen LogP contribution < -0.4 is 4.72 Å². The molecule has 0 unspecified atom stereocenters. The van der Waals surface area contributed by atoms with Crippen molar-refractivity contribution in [1.29, 1.82) is 0 Å². The molecule has 0 atom stereocenters. The predicted octanol–water partition coefficient (Wildman–Crippen LogP) is 6.67. The molecule has 0 aromatic heterocycles. The molecule has 1 aromatic rings. The summed E-state index contributed by atoms with van der Waals surface area (Å²) in [4.78, 5) is -0.720. The molecule has 3 nitrogen and oxygen atoms in total. The number of benzene rings is 1. The lowest BCUT2D eigenvalue weighted by Crippen LogP contribution is -2.74. The number of hydrogen-bond donors (Lipinski definition) is 1. The molecule has 222 valence electrons. The fourth-order valence-corrected chi connectivity index (χ4v) is 3.53. The van der Waals surface area contributed by atoms with Gasteiger partial charge >= 0.3 is 47.6 Å². The zero-order valence-corrected chi connectivity index (χ0v) is 18.7. The molecule has 0 radical (unpaired) electrons. The van der Waals surface area contributed by atoms with E-state index in [4.69, 9.17) is 0 Å². The van der Waals surface area contributed by atoms with Crippen LogP contribution in [0.1, 0.15) is 12.0 Å². The maximum Gasteiger partial charge on any atom is 0.460 e. The van der Waals surface area contributed by atoms with Crippen molar-refractivity contribution in [3.63, 3.8) is 0 Å². The lowest BCUT2D eigenvalue weighted by Gasteiger charge is -2.42. The van der Waals surface area contributed by atoms with E-state index in [1.165, 1.54) is 6.92 Å². The number of hydrogen-bond acceptors (Lipinski definition) is 2. The minimum absolute atomic E-state index is 0.452. The summed E-state index contributed by atoms with van der Waals surface area (Å²) in [5, 5.41) is 0. The summed E-state index contributed by atoms with van der Waals surface area (Å²) in [6.07, 6.45) is -10.7. The monoisotopic (exact) mass is 617 g/mol. The molecule has 0 spiro atoms. The minimum Gasteiger partial charge on any atom is -0.211 e. The molecular formula is C17H12F17NO2S. The number of sulfonamides is 1. The van der Waals surface area contributed by atoms with Crippen LogP contribution in [0.4, 0.5) is 74.6 Å². The fourth-order valence-electron chi connectivity index (χ4n) is 2.50. The number of alkyl halides is 17. The van der Waals surface area contributed by atoms with Gasteiger partial charge < -0.3 is 0 Å². The topological polar surface area (TPSA) is 46.2 Å². The predicted molar refractivity (Wildman–Crippen MR) is 91.7 cm³/mol. The molecule has 38 heavy (non-hydrogen) atoms. The average Bonchev–Trinajstić information content (AvgIpc) is 2.72. The molecule has 21 heteroatoms. The van der Waals surface area contributed by atoms with Gasteiger partial charge in [0.2, 0.25) is 10.0 Å². The van der Waals surface area contributed by atoms with Crippen LogP contribution in [0.15, 0.2) is 29.2 Å². The number of rotatable bonds is 11. The van der Waals surface area contributed by atoms with Crippen molar-refractivity contribution in [2.75, 3.05) is 6.54 Å². The van der Waals surface area contributed by atoms with E-state index in [0.717, 1.165) is 29.0 Å². The van der Waals surface area contributed by atoms with Crippen LogP contribution in [0.5, 0.6) is 0 Å². The molecule has 0 bridgehead atoms. The number of nitrogens with one attached hydrogen (secondary N) is 1. The summed E-state index contributed by atoms with van der Waals surface area (Å²) < 4.78 is 249. The summed E-state index contributed by atoms with van der Waals surface area (Å²) in [7, 11) is -4.85. The van der Waals surface area contributed by atoms with Crippen molar-refractivity contribution in [3.8, 4) is 0 Å². The lowest BCUT2D eigenvalue weighted by molar-refractivity contribution is -0.461. The fraction of sp³-hybridized carbons (Fsp3) is 0.647. The van der Waals surface area contributed by atoms with Crippen molar-refractivity contribution in [2.45, 2.75) is 65.9 Å². The van der Waals surface area contributed by atoms with Gasteiger partial charge in [0.05, 0.1) is 4.90 Å². The first-order valence-electron chi connectivity index (χ1n) is 9.23. The summed E-state index contributed by atoms with van der Waals surface area (Å²) >= 11 is 0. The highest BCUT2D eigenvalue weighted by molar-refractivity contribution is 7.89. The third-order valence-corrected chi connectivity index (χ3v) is 6.33. The van der Waals surface area contributed by atoms with Crippen LogP contribution in [0.3, 0.4) is 0 Å². The average molecular weight is 617 g/mol. The molecule has 1 N–H and O–H groups in total. The second kappa shape index (κ2) is 9.54. The van der Waals surface area contributed by atoms with E-state index in [1.54, 1.807) is 0 Å². The van der Waals surface area contributed by atoms with Crippen molar-refractivity contribution in [3.05, 3.63) is 29.8 Å². The molecule has 1 rings (SSSR count). The number of aryl methyl sites for hydroxylation is 1. The van der Waals surface area contributed by atoms with Crippen LogP contribution in [-0.4, -0.2) is 62.6 Å². The Kier molecular flexibility index (Phi) is 8.53. The quantitative estimate of drug-likeness (QED) is 0.282. The SMILES string of the molecule is Cc1ccc(S(=O)(=O)NCCC(F)(F)C(F)(F)C(F)(F)C(F)(F)C(F)(F)C(F)(F)C(F)(F)C(F)(F)F)cc1. The maximum atomic E-state index is 13.8. The molecule has 0 aliphatic rings. The molecule has 0 heterocycles. The molecule has 0 aliphatic carbocycles. The highest BCUT2D eigenvalue weighted by Gasteiger charge is 2.95. The van der Waals surface area contributed by atoms with Gasteiger partial charge in [0, 0.05) is 13.0 Å². The zero-order valence-electron chi connectivity index (χ0n) is 17.9. The highest BCUT2D eigenvalue weighted by Crippen LogP contribution is 2.64. The van der Waals surface area contributed by atoms with Gasteiger partial charge in [-0.05, 0) is 19.1 Å². The van der Waals surface area contributed by atoms with Crippen molar-refractivity contribution in [2.24, 2.45) is 0 Å². The van der Waals surface area contributed by atoms with Crippen LogP contribution in [0.25, 0.3) is 0 Å². The van der Waals surface area contributed by atoms with Gasteiger partial charge in [0.25, 0.3) is 0 Å². The molecule has 0 amide bonds. The van der Waals surface area contributed by atoms with Gasteiger partial charge in [-0.2, -0.15) is 74.6 Å². The van der Waals surface area contributed by atoms with Crippen LogP contribution in [0.2, 0.25) is 0 Å². The molecular weight excluding hydrogens is 605 g/mol. The van der Waals surface area contributed by atoms with Gasteiger partial charge in [-0.25, -0.2) is 13.1 Å². The van der Waals surface area contributed by atoms with Crippen LogP contribution >= 0.6 is 0 Å². The summed E-state index contributed by atoms with van der Waals surface area (Å²) in [6.45, 7) is -0.550. The van der Waals surface area contributed by atoms with Gasteiger partial charge in [0.1, 0.15) is 0 Å². The Balaban J connectivity index is 3.35. The third kappa shape index (κ3) is 5.10. The Morgan fingerprint density at radius 2 is 0.921 bits per heavy atom. The highest BCUT2D eigenvalue weighted by atomic mass is 32.2. The molecule has 0 aliphatic heterocycles. The Morgan fingerprint density at radius 1 is 0.579 bits per heavy atom. The Morgan fingerprint density at radius 3 is 1.29 bits per heavy atom. The van der Waals surface area contributed by atoms with Crippen molar-refractivity contribution in [1.82, 2.24) is 4.72 Å². The van der Waals surface area contributed by atoms with Gasteiger partial charge in [0.15, 0.2) is 0 Å². The molecule has 0 fully saturated rings. The standard InChI is InChI=1S/C17H12F17NO2S/c1-8-2-4-9(5-3-8)38(36,37)35-7-6-10(18,19)11(20,21)12(22,23)13(24,25)14(26,27)15(28,29)16(30,31)17(32,33)34/h2-5,35H,6-7H2,1H3. The van der Waals surface area contributed by atoms with E-state index in [-0.39, 0.29) is 0 Å². The second-order valence-corrected chi connectivity index (χ2v) is 9.38. The van der Waals surface area contributed by atoms with E-state index >= 15 is 0 Å². The molecule has 1 aromatic carbocycles. The molecule has 0 saturated carbocycles. The molecule has 0 saturated heterocycles. The van der Waals surface area contributed by atoms with Crippen molar-refractivity contribution >= 4 is 10.0 Å². The van der Waals surface area contributed by atoms with Crippen molar-refractivity contribution < 1.29 is 83.1 Å². The van der Waals surface area contributed by atoms with E-state index in [0.29, 0.717) is 5.56 Å². The Bertz CT molecular complexity index is 1090. The van der Waals surface area contributed by atoms with Crippen LogP contribution in [0, 0.1) is 6.92 Å². The normalized spacial score (nSPS) is 15.6. The lowest BCUT2D eigenvalue weighted by atomic mass is 9.88. The largest absolute Gasteiger partial charge is 0.460 e. The van der Waals surface area contributed by atoms with Gasteiger partial charge in [-0.3, -0.25) is 0 Å². The first-order valence-corrected chi connectivity index (χ1v) is 10.7. The van der Waals surface area contributed by atoms with E-state index in [9.17, 15) is 83.1 Å². The Hall–Kier alpha value is -2.06. The zero-order chi connectivity index (χ0) is 30.6. The van der Waals surface area contributed by atoms with E-state index in [1.807, 2.05) is 0 Å². The van der Waals surface area contributed by atoms with Crippen LogP contribution in [-0.2, 0) is 10.0 Å². The first-order chi connectivity index (χ1) is 16.5. The summed E-state index contributed by atoms with van der Waals surface area (Å²) in [6, 6.07) is 3.94. The van der Waals surface area contributed by atoms with E-state index < -0.39 is 75.5 Å². The number of halogens is 17. The Labute approximate surface area is 201 Å². The minimum atomic E-state index is -8.71. The first kappa shape index (κ1) is 34.0.